The summed E-state index contributed by atoms with van der Waals surface area (Å²) in [5.41, 5.74) is 1.69. The highest BCUT2D eigenvalue weighted by molar-refractivity contribution is 6.29. The Morgan fingerprint density at radius 1 is 1.41 bits per heavy atom. The fourth-order valence-electron chi connectivity index (χ4n) is 2.75. The van der Waals surface area contributed by atoms with Crippen LogP contribution in [0.3, 0.4) is 0 Å². The molecule has 1 fully saturated rings. The lowest BCUT2D eigenvalue weighted by molar-refractivity contribution is 0.0929. The summed E-state index contributed by atoms with van der Waals surface area (Å²) in [6, 6.07) is 5.73. The highest BCUT2D eigenvalue weighted by Gasteiger charge is 2.22. The summed E-state index contributed by atoms with van der Waals surface area (Å²) in [5, 5.41) is 3.58. The van der Waals surface area contributed by atoms with E-state index in [9.17, 15) is 4.79 Å². The average molecular weight is 320 g/mol. The molecular weight excluding hydrogens is 302 g/mol. The molecular formula is C16H18ClN3O2. The molecule has 22 heavy (non-hydrogen) atoms. The van der Waals surface area contributed by atoms with E-state index in [0.29, 0.717) is 16.5 Å². The molecule has 2 aromatic heterocycles. The van der Waals surface area contributed by atoms with Crippen molar-refractivity contribution in [1.82, 2.24) is 10.3 Å². The van der Waals surface area contributed by atoms with Gasteiger partial charge in [-0.05, 0) is 38.0 Å². The smallest absolute Gasteiger partial charge is 0.255 e. The number of halogens is 1. The highest BCUT2D eigenvalue weighted by Crippen LogP contribution is 2.22. The van der Waals surface area contributed by atoms with Gasteiger partial charge < -0.3 is 14.6 Å². The molecule has 0 atom stereocenters. The first kappa shape index (κ1) is 14.9. The molecule has 0 aromatic carbocycles. The molecule has 5 nitrogen and oxygen atoms in total. The zero-order chi connectivity index (χ0) is 15.5. The Bertz CT molecular complexity index is 663. The minimum Gasteiger partial charge on any atom is -0.469 e. The van der Waals surface area contributed by atoms with Crippen molar-refractivity contribution in [1.29, 1.82) is 0 Å². The van der Waals surface area contributed by atoms with Gasteiger partial charge >= 0.3 is 0 Å². The van der Waals surface area contributed by atoms with Crippen LogP contribution in [-0.4, -0.2) is 30.0 Å². The summed E-state index contributed by atoms with van der Waals surface area (Å²) in [5.74, 6) is 0.595. The number of amides is 1. The van der Waals surface area contributed by atoms with E-state index in [4.69, 9.17) is 16.0 Å². The fraction of sp³-hybridized carbons (Fsp3) is 0.375. The first-order valence-electron chi connectivity index (χ1n) is 7.35. The Kier molecular flexibility index (Phi) is 4.34. The third-order valence-corrected chi connectivity index (χ3v) is 4.22. The Morgan fingerprint density at radius 2 is 2.18 bits per heavy atom. The second-order valence-corrected chi connectivity index (χ2v) is 5.85. The summed E-state index contributed by atoms with van der Waals surface area (Å²) in [7, 11) is 0. The van der Waals surface area contributed by atoms with Gasteiger partial charge in [-0.25, -0.2) is 4.98 Å². The van der Waals surface area contributed by atoms with Crippen LogP contribution in [0.2, 0.25) is 5.15 Å². The fourth-order valence-corrected chi connectivity index (χ4v) is 2.92. The van der Waals surface area contributed by atoms with Gasteiger partial charge in [0.1, 0.15) is 10.9 Å². The van der Waals surface area contributed by atoms with E-state index in [2.05, 4.69) is 15.2 Å². The molecule has 1 aliphatic heterocycles. The zero-order valence-electron chi connectivity index (χ0n) is 12.4. The number of anilines is 1. The molecule has 1 amide bonds. The Morgan fingerprint density at radius 3 is 2.82 bits per heavy atom. The van der Waals surface area contributed by atoms with Gasteiger partial charge in [0.25, 0.3) is 5.91 Å². The summed E-state index contributed by atoms with van der Waals surface area (Å²) < 4.78 is 5.17. The third kappa shape index (κ3) is 3.25. The summed E-state index contributed by atoms with van der Waals surface area (Å²) in [6.45, 7) is 3.57. The molecule has 0 spiro atoms. The van der Waals surface area contributed by atoms with Crippen LogP contribution in [0.15, 0.2) is 35.1 Å². The largest absolute Gasteiger partial charge is 0.469 e. The van der Waals surface area contributed by atoms with E-state index in [0.717, 1.165) is 31.6 Å². The van der Waals surface area contributed by atoms with Gasteiger partial charge in [0.15, 0.2) is 0 Å². The molecule has 3 rings (SSSR count). The number of rotatable bonds is 3. The Balaban J connectivity index is 1.56. The van der Waals surface area contributed by atoms with E-state index >= 15 is 0 Å². The minimum absolute atomic E-state index is 0.0587. The molecule has 1 aliphatic rings. The van der Waals surface area contributed by atoms with E-state index in [1.165, 1.54) is 0 Å². The first-order chi connectivity index (χ1) is 10.6. The quantitative estimate of drug-likeness (QED) is 0.883. The number of hydrogen-bond acceptors (Lipinski definition) is 4. The third-order valence-electron chi connectivity index (χ3n) is 4.01. The van der Waals surface area contributed by atoms with Crippen LogP contribution in [0.4, 0.5) is 5.69 Å². The molecule has 3 heterocycles. The van der Waals surface area contributed by atoms with Crippen LogP contribution in [0.1, 0.15) is 29.0 Å². The number of pyridine rings is 1. The van der Waals surface area contributed by atoms with Crippen LogP contribution in [0.25, 0.3) is 0 Å². The lowest BCUT2D eigenvalue weighted by Crippen LogP contribution is -2.44. The van der Waals surface area contributed by atoms with Crippen molar-refractivity contribution in [3.05, 3.63) is 47.1 Å². The van der Waals surface area contributed by atoms with Crippen molar-refractivity contribution >= 4 is 23.2 Å². The second kappa shape index (κ2) is 6.40. The van der Waals surface area contributed by atoms with Crippen molar-refractivity contribution in [3.63, 3.8) is 0 Å². The molecule has 2 aromatic rings. The lowest BCUT2D eigenvalue weighted by atomic mass is 10.0. The van der Waals surface area contributed by atoms with Crippen molar-refractivity contribution in [2.45, 2.75) is 25.8 Å². The van der Waals surface area contributed by atoms with Gasteiger partial charge in [-0.1, -0.05) is 11.6 Å². The van der Waals surface area contributed by atoms with Gasteiger partial charge in [-0.15, -0.1) is 0 Å². The number of hydrogen-bond donors (Lipinski definition) is 1. The van der Waals surface area contributed by atoms with Gasteiger partial charge in [0.05, 0.1) is 11.8 Å². The van der Waals surface area contributed by atoms with Crippen molar-refractivity contribution in [2.24, 2.45) is 0 Å². The van der Waals surface area contributed by atoms with Crippen molar-refractivity contribution in [3.8, 4) is 0 Å². The summed E-state index contributed by atoms with van der Waals surface area (Å²) in [4.78, 5) is 18.4. The first-order valence-corrected chi connectivity index (χ1v) is 7.73. The molecule has 116 valence electrons. The number of aryl methyl sites for hydroxylation is 1. The van der Waals surface area contributed by atoms with Gasteiger partial charge in [0.2, 0.25) is 0 Å². The molecule has 1 N–H and O–H groups in total. The molecule has 0 bridgehead atoms. The van der Waals surface area contributed by atoms with Crippen molar-refractivity contribution < 1.29 is 9.21 Å². The number of carbonyl (C=O) groups excluding carboxylic acids is 1. The van der Waals surface area contributed by atoms with Crippen LogP contribution in [0, 0.1) is 6.92 Å². The van der Waals surface area contributed by atoms with Crippen LogP contribution >= 0.6 is 11.6 Å². The highest BCUT2D eigenvalue weighted by atomic mass is 35.5. The maximum atomic E-state index is 12.2. The zero-order valence-corrected chi connectivity index (χ0v) is 13.1. The molecule has 0 saturated carbocycles. The SMILES string of the molecule is Cc1occc1C(=O)NC1CCN(c2ccnc(Cl)c2)CC1. The predicted molar refractivity (Wildman–Crippen MR) is 85.4 cm³/mol. The number of nitrogens with zero attached hydrogens (tertiary/aromatic N) is 2. The number of furan rings is 1. The lowest BCUT2D eigenvalue weighted by Gasteiger charge is -2.33. The minimum atomic E-state index is -0.0587. The van der Waals surface area contributed by atoms with Gasteiger partial charge in [-0.3, -0.25) is 4.79 Å². The van der Waals surface area contributed by atoms with Crippen LogP contribution < -0.4 is 10.2 Å². The maximum absolute atomic E-state index is 12.2. The van der Waals surface area contributed by atoms with E-state index in [-0.39, 0.29) is 11.9 Å². The summed E-state index contributed by atoms with van der Waals surface area (Å²) >= 11 is 5.93. The van der Waals surface area contributed by atoms with Gasteiger partial charge in [0, 0.05) is 31.0 Å². The Labute approximate surface area is 134 Å². The second-order valence-electron chi connectivity index (χ2n) is 5.46. The number of piperidine rings is 1. The van der Waals surface area contributed by atoms with E-state index in [1.807, 2.05) is 12.1 Å². The molecule has 0 unspecified atom stereocenters. The molecule has 0 radical (unpaired) electrons. The van der Waals surface area contributed by atoms with E-state index < -0.39 is 0 Å². The molecule has 0 aliphatic carbocycles. The topological polar surface area (TPSA) is 58.4 Å². The van der Waals surface area contributed by atoms with Crippen LogP contribution in [0.5, 0.6) is 0 Å². The van der Waals surface area contributed by atoms with Crippen molar-refractivity contribution in [2.75, 3.05) is 18.0 Å². The normalized spacial score (nSPS) is 15.8. The molecule has 6 heteroatoms. The van der Waals surface area contributed by atoms with Crippen LogP contribution in [-0.2, 0) is 0 Å². The average Bonchev–Trinajstić information content (AvgIpc) is 2.94. The predicted octanol–water partition coefficient (Wildman–Crippen LogP) is 3.04. The number of carbonyl (C=O) groups is 1. The Hall–Kier alpha value is -2.01. The van der Waals surface area contributed by atoms with E-state index in [1.54, 1.807) is 25.5 Å². The standard InChI is InChI=1S/C16H18ClN3O2/c1-11-14(5-9-22-11)16(21)19-12-3-7-20(8-4-12)13-2-6-18-15(17)10-13/h2,5-6,9-10,12H,3-4,7-8H2,1H3,(H,19,21). The van der Waals surface area contributed by atoms with Gasteiger partial charge in [-0.2, -0.15) is 0 Å². The number of aromatic nitrogens is 1. The summed E-state index contributed by atoms with van der Waals surface area (Å²) in [6.07, 6.45) is 5.07. The monoisotopic (exact) mass is 319 g/mol. The number of nitrogens with one attached hydrogen (secondary N) is 1. The maximum Gasteiger partial charge on any atom is 0.255 e. The molecule has 1 saturated heterocycles.